The van der Waals surface area contributed by atoms with Gasteiger partial charge >= 0.3 is 0 Å². The van der Waals surface area contributed by atoms with E-state index in [1.165, 1.54) is 0 Å². The minimum atomic E-state index is -0.249. The summed E-state index contributed by atoms with van der Waals surface area (Å²) in [5.41, 5.74) is 1.48. The summed E-state index contributed by atoms with van der Waals surface area (Å²) in [6.07, 6.45) is 1.57. The van der Waals surface area contributed by atoms with Crippen LogP contribution in [0.1, 0.15) is 15.9 Å². The number of aliphatic imine (C=N–C) groups is 1. The molecule has 0 N–H and O–H groups in total. The van der Waals surface area contributed by atoms with E-state index in [-0.39, 0.29) is 5.91 Å². The van der Waals surface area contributed by atoms with Crippen molar-refractivity contribution in [3.05, 3.63) is 70.2 Å². The number of halogens is 1. The third-order valence-electron chi connectivity index (χ3n) is 2.23. The van der Waals surface area contributed by atoms with Crippen LogP contribution in [0.15, 0.2) is 64.1 Å². The summed E-state index contributed by atoms with van der Waals surface area (Å²) in [5.74, 6) is -0.249. The van der Waals surface area contributed by atoms with Gasteiger partial charge in [0.15, 0.2) is 0 Å². The van der Waals surface area contributed by atoms with Gasteiger partial charge in [0, 0.05) is 10.7 Å². The molecule has 0 saturated carbocycles. The summed E-state index contributed by atoms with van der Waals surface area (Å²) in [6.45, 7) is 0. The minimum Gasteiger partial charge on any atom is -0.267 e. The molecule has 84 valence electrons. The lowest BCUT2D eigenvalue weighted by atomic mass is 10.2. The third-order valence-corrected chi connectivity index (χ3v) is 2.93. The predicted molar refractivity (Wildman–Crippen MR) is 72.5 cm³/mol. The van der Waals surface area contributed by atoms with Crippen LogP contribution in [0.25, 0.3) is 0 Å². The molecule has 0 fully saturated rings. The lowest BCUT2D eigenvalue weighted by Gasteiger charge is -1.98. The Hall–Kier alpha value is -1.74. The Labute approximate surface area is 108 Å². The fourth-order valence-electron chi connectivity index (χ4n) is 1.38. The first-order valence-corrected chi connectivity index (χ1v) is 5.94. The van der Waals surface area contributed by atoms with Gasteiger partial charge in [0.25, 0.3) is 5.91 Å². The molecule has 1 amide bonds. The number of hydrogen-bond acceptors (Lipinski definition) is 1. The van der Waals surface area contributed by atoms with E-state index in [0.29, 0.717) is 5.56 Å². The van der Waals surface area contributed by atoms with E-state index in [9.17, 15) is 4.79 Å². The molecule has 0 aromatic heterocycles. The number of amides is 1. The van der Waals surface area contributed by atoms with Crippen molar-refractivity contribution in [2.45, 2.75) is 0 Å². The molecule has 2 aromatic rings. The fourth-order valence-corrected chi connectivity index (χ4v) is 1.83. The molecule has 0 atom stereocenters. The van der Waals surface area contributed by atoms with Crippen molar-refractivity contribution >= 4 is 28.1 Å². The van der Waals surface area contributed by atoms with E-state index < -0.39 is 0 Å². The molecule has 0 aliphatic heterocycles. The Kier molecular flexibility index (Phi) is 3.83. The minimum absolute atomic E-state index is 0.249. The SMILES string of the molecule is O=C(N=Cc1ccccc1)c1ccccc1Br. The summed E-state index contributed by atoms with van der Waals surface area (Å²) in [5, 5.41) is 0. The van der Waals surface area contributed by atoms with E-state index in [0.717, 1.165) is 10.0 Å². The first kappa shape index (κ1) is 11.7. The number of nitrogens with zero attached hydrogens (tertiary/aromatic N) is 1. The van der Waals surface area contributed by atoms with Crippen molar-refractivity contribution < 1.29 is 4.79 Å². The van der Waals surface area contributed by atoms with E-state index in [1.807, 2.05) is 48.5 Å². The highest BCUT2D eigenvalue weighted by Crippen LogP contribution is 2.16. The van der Waals surface area contributed by atoms with Gasteiger partial charge in [0.2, 0.25) is 0 Å². The smallest absolute Gasteiger partial charge is 0.267 e. The summed E-state index contributed by atoms with van der Waals surface area (Å²) in [6, 6.07) is 16.8. The Morgan fingerprint density at radius 2 is 1.65 bits per heavy atom. The molecule has 0 saturated heterocycles. The number of rotatable bonds is 2. The van der Waals surface area contributed by atoms with E-state index in [1.54, 1.807) is 12.3 Å². The molecule has 0 aliphatic rings. The second kappa shape index (κ2) is 5.55. The molecule has 0 radical (unpaired) electrons. The molecule has 0 aliphatic carbocycles. The summed E-state index contributed by atoms with van der Waals surface area (Å²) in [4.78, 5) is 15.7. The maximum atomic E-state index is 11.8. The zero-order chi connectivity index (χ0) is 12.1. The average Bonchev–Trinajstić information content (AvgIpc) is 2.38. The number of benzene rings is 2. The van der Waals surface area contributed by atoms with E-state index >= 15 is 0 Å². The second-order valence-electron chi connectivity index (χ2n) is 3.45. The van der Waals surface area contributed by atoms with E-state index in [2.05, 4.69) is 20.9 Å². The monoisotopic (exact) mass is 287 g/mol. The van der Waals surface area contributed by atoms with Crippen LogP contribution < -0.4 is 0 Å². The predicted octanol–water partition coefficient (Wildman–Crippen LogP) is 3.71. The van der Waals surface area contributed by atoms with Crippen molar-refractivity contribution in [1.82, 2.24) is 0 Å². The molecule has 3 heteroatoms. The molecular weight excluding hydrogens is 278 g/mol. The van der Waals surface area contributed by atoms with Crippen LogP contribution in [0.4, 0.5) is 0 Å². The lowest BCUT2D eigenvalue weighted by Crippen LogP contribution is -1.96. The van der Waals surface area contributed by atoms with Crippen LogP contribution in [0, 0.1) is 0 Å². The molecule has 17 heavy (non-hydrogen) atoms. The number of carbonyl (C=O) groups is 1. The van der Waals surface area contributed by atoms with Crippen molar-refractivity contribution in [2.75, 3.05) is 0 Å². The van der Waals surface area contributed by atoms with Crippen molar-refractivity contribution in [2.24, 2.45) is 4.99 Å². The van der Waals surface area contributed by atoms with Crippen molar-refractivity contribution in [3.8, 4) is 0 Å². The Morgan fingerprint density at radius 1 is 1.00 bits per heavy atom. The summed E-state index contributed by atoms with van der Waals surface area (Å²) >= 11 is 3.33. The average molecular weight is 288 g/mol. The van der Waals surface area contributed by atoms with Crippen molar-refractivity contribution in [1.29, 1.82) is 0 Å². The first-order chi connectivity index (χ1) is 8.27. The van der Waals surface area contributed by atoms with Gasteiger partial charge in [-0.2, -0.15) is 0 Å². The van der Waals surface area contributed by atoms with Crippen LogP contribution in [-0.2, 0) is 0 Å². The van der Waals surface area contributed by atoms with Gasteiger partial charge in [-0.3, -0.25) is 4.79 Å². The number of carbonyl (C=O) groups excluding carboxylic acids is 1. The van der Waals surface area contributed by atoms with Gasteiger partial charge in [-0.15, -0.1) is 0 Å². The first-order valence-electron chi connectivity index (χ1n) is 5.15. The zero-order valence-corrected chi connectivity index (χ0v) is 10.6. The maximum absolute atomic E-state index is 11.8. The summed E-state index contributed by atoms with van der Waals surface area (Å²) < 4.78 is 0.759. The fraction of sp³-hybridized carbons (Fsp3) is 0. The van der Waals surface area contributed by atoms with Gasteiger partial charge in [-0.1, -0.05) is 42.5 Å². The normalized spacial score (nSPS) is 10.6. The standard InChI is InChI=1S/C14H10BrNO/c15-13-9-5-4-8-12(13)14(17)16-10-11-6-2-1-3-7-11/h1-10H. The molecule has 0 spiro atoms. The highest BCUT2D eigenvalue weighted by molar-refractivity contribution is 9.10. The highest BCUT2D eigenvalue weighted by Gasteiger charge is 2.06. The lowest BCUT2D eigenvalue weighted by molar-refractivity contribution is 0.100. The second-order valence-corrected chi connectivity index (χ2v) is 4.31. The summed E-state index contributed by atoms with van der Waals surface area (Å²) in [7, 11) is 0. The molecule has 0 heterocycles. The van der Waals surface area contributed by atoms with E-state index in [4.69, 9.17) is 0 Å². The van der Waals surface area contributed by atoms with Crippen LogP contribution in [-0.4, -0.2) is 12.1 Å². The molecular formula is C14H10BrNO. The highest BCUT2D eigenvalue weighted by atomic mass is 79.9. The van der Waals surface area contributed by atoms with Gasteiger partial charge in [0.05, 0.1) is 5.56 Å². The quantitative estimate of drug-likeness (QED) is 0.775. The molecule has 2 rings (SSSR count). The third kappa shape index (κ3) is 3.11. The molecule has 2 aromatic carbocycles. The molecule has 0 unspecified atom stereocenters. The Morgan fingerprint density at radius 3 is 2.35 bits per heavy atom. The topological polar surface area (TPSA) is 29.4 Å². The number of hydrogen-bond donors (Lipinski definition) is 0. The van der Waals surface area contributed by atoms with Crippen LogP contribution in [0.5, 0.6) is 0 Å². The van der Waals surface area contributed by atoms with Gasteiger partial charge in [-0.25, -0.2) is 4.99 Å². The van der Waals surface area contributed by atoms with Gasteiger partial charge in [-0.05, 0) is 33.6 Å². The zero-order valence-electron chi connectivity index (χ0n) is 9.01. The van der Waals surface area contributed by atoms with Crippen LogP contribution in [0.3, 0.4) is 0 Å². The van der Waals surface area contributed by atoms with Crippen molar-refractivity contribution in [3.63, 3.8) is 0 Å². The van der Waals surface area contributed by atoms with Gasteiger partial charge in [0.1, 0.15) is 0 Å². The molecule has 0 bridgehead atoms. The van der Waals surface area contributed by atoms with Gasteiger partial charge < -0.3 is 0 Å². The Bertz CT molecular complexity index is 549. The largest absolute Gasteiger partial charge is 0.278 e. The van der Waals surface area contributed by atoms with Crippen LogP contribution in [0.2, 0.25) is 0 Å². The van der Waals surface area contributed by atoms with Crippen LogP contribution >= 0.6 is 15.9 Å². The molecule has 2 nitrogen and oxygen atoms in total. The maximum Gasteiger partial charge on any atom is 0.278 e. The Balaban J connectivity index is 2.18.